The normalized spacial score (nSPS) is 10.1. The second kappa shape index (κ2) is 4.06. The van der Waals surface area contributed by atoms with Crippen molar-refractivity contribution in [2.75, 3.05) is 7.05 Å². The molecule has 1 aromatic carbocycles. The highest BCUT2D eigenvalue weighted by molar-refractivity contribution is 5.82. The molecular formula is C11H11N4O+. The van der Waals surface area contributed by atoms with Crippen molar-refractivity contribution in [3.63, 3.8) is 0 Å². The minimum Gasteiger partial charge on any atom is -0.298 e. The topological polar surface area (TPSA) is 50.8 Å². The van der Waals surface area contributed by atoms with E-state index in [1.54, 1.807) is 21.7 Å². The first kappa shape index (κ1) is 10.2. The summed E-state index contributed by atoms with van der Waals surface area (Å²) in [5, 5.41) is 3.99. The van der Waals surface area contributed by atoms with Crippen molar-refractivity contribution >= 4 is 18.7 Å². The van der Waals surface area contributed by atoms with Gasteiger partial charge in [0, 0.05) is 17.7 Å². The maximum absolute atomic E-state index is 11.0. The molecule has 1 aromatic heterocycles. The lowest BCUT2D eigenvalue weighted by Gasteiger charge is -2.04. The smallest absolute Gasteiger partial charge is 0.205 e. The molecule has 0 spiro atoms. The molecule has 0 aliphatic carbocycles. The Labute approximate surface area is 92.7 Å². The van der Waals surface area contributed by atoms with Gasteiger partial charge in [-0.2, -0.15) is 5.10 Å². The van der Waals surface area contributed by atoms with E-state index in [1.165, 1.54) is 6.33 Å². The van der Waals surface area contributed by atoms with Gasteiger partial charge in [-0.3, -0.25) is 4.79 Å². The van der Waals surface area contributed by atoms with E-state index < -0.39 is 0 Å². The highest BCUT2D eigenvalue weighted by Crippen LogP contribution is 2.18. The molecule has 0 aliphatic rings. The van der Waals surface area contributed by atoms with Crippen LogP contribution < -0.4 is 0 Å². The van der Waals surface area contributed by atoms with Gasteiger partial charge in [0.25, 0.3) is 0 Å². The largest absolute Gasteiger partial charge is 0.298 e. The summed E-state index contributed by atoms with van der Waals surface area (Å²) in [4.78, 5) is 14.8. The maximum Gasteiger partial charge on any atom is 0.205 e. The third-order valence-corrected chi connectivity index (χ3v) is 2.24. The van der Waals surface area contributed by atoms with Gasteiger partial charge in [0.05, 0.1) is 5.69 Å². The summed E-state index contributed by atoms with van der Waals surface area (Å²) >= 11 is 0. The van der Waals surface area contributed by atoms with Crippen LogP contribution >= 0.6 is 0 Å². The van der Waals surface area contributed by atoms with Crippen molar-refractivity contribution in [1.29, 1.82) is 0 Å². The summed E-state index contributed by atoms with van der Waals surface area (Å²) in [5.74, 6) is 0. The minimum atomic E-state index is 0.554. The standard InChI is InChI=1S/C11H11N4O/c1-14(2)10-3-4-11(9(5-10)6-16)15-8-12-7-13-15/h3-8H,1H2,2H3/q+1. The lowest BCUT2D eigenvalue weighted by atomic mass is 10.1. The highest BCUT2D eigenvalue weighted by atomic mass is 16.1. The van der Waals surface area contributed by atoms with E-state index in [9.17, 15) is 4.79 Å². The predicted octanol–water partition coefficient (Wildman–Crippen LogP) is 1.05. The highest BCUT2D eigenvalue weighted by Gasteiger charge is 2.09. The van der Waals surface area contributed by atoms with Crippen LogP contribution in [-0.2, 0) is 0 Å². The van der Waals surface area contributed by atoms with Gasteiger partial charge in [-0.05, 0) is 6.07 Å². The van der Waals surface area contributed by atoms with Crippen LogP contribution in [-0.4, -0.2) is 39.4 Å². The fraction of sp³-hybridized carbons (Fsp3) is 0.0909. The monoisotopic (exact) mass is 215 g/mol. The number of nitrogens with zero attached hydrogens (tertiary/aromatic N) is 4. The summed E-state index contributed by atoms with van der Waals surface area (Å²) < 4.78 is 3.24. The second-order valence-electron chi connectivity index (χ2n) is 3.40. The van der Waals surface area contributed by atoms with Gasteiger partial charge in [0.1, 0.15) is 26.4 Å². The Kier molecular flexibility index (Phi) is 2.59. The van der Waals surface area contributed by atoms with Gasteiger partial charge in [-0.15, -0.1) is 0 Å². The van der Waals surface area contributed by atoms with Gasteiger partial charge in [-0.1, -0.05) is 0 Å². The fourth-order valence-corrected chi connectivity index (χ4v) is 1.42. The Bertz CT molecular complexity index is 531. The molecule has 0 fully saturated rings. The molecule has 80 valence electrons. The van der Waals surface area contributed by atoms with Crippen LogP contribution in [0.1, 0.15) is 10.4 Å². The van der Waals surface area contributed by atoms with Gasteiger partial charge < -0.3 is 0 Å². The van der Waals surface area contributed by atoms with Gasteiger partial charge in [0.15, 0.2) is 6.29 Å². The van der Waals surface area contributed by atoms with Crippen molar-refractivity contribution < 1.29 is 9.37 Å². The zero-order valence-electron chi connectivity index (χ0n) is 8.87. The van der Waals surface area contributed by atoms with E-state index in [-0.39, 0.29) is 0 Å². The predicted molar refractivity (Wildman–Crippen MR) is 59.7 cm³/mol. The van der Waals surface area contributed by atoms with E-state index in [1.807, 2.05) is 19.2 Å². The number of carbonyl (C=O) groups is 1. The summed E-state index contributed by atoms with van der Waals surface area (Å²) in [6.07, 6.45) is 3.77. The summed E-state index contributed by atoms with van der Waals surface area (Å²) in [6, 6.07) is 5.45. The molecule has 0 unspecified atom stereocenters. The Morgan fingerprint density at radius 2 is 2.31 bits per heavy atom. The van der Waals surface area contributed by atoms with Crippen molar-refractivity contribution in [3.05, 3.63) is 36.4 Å². The van der Waals surface area contributed by atoms with E-state index in [0.29, 0.717) is 11.3 Å². The second-order valence-corrected chi connectivity index (χ2v) is 3.40. The van der Waals surface area contributed by atoms with Crippen molar-refractivity contribution in [2.24, 2.45) is 0 Å². The Morgan fingerprint density at radius 3 is 2.88 bits per heavy atom. The third-order valence-electron chi connectivity index (χ3n) is 2.24. The molecule has 0 amide bonds. The zero-order chi connectivity index (χ0) is 11.5. The lowest BCUT2D eigenvalue weighted by Crippen LogP contribution is -2.01. The van der Waals surface area contributed by atoms with E-state index in [4.69, 9.17) is 0 Å². The maximum atomic E-state index is 11.0. The summed E-state index contributed by atoms with van der Waals surface area (Å²) in [5.41, 5.74) is 2.13. The quantitative estimate of drug-likeness (QED) is 0.437. The first-order chi connectivity index (χ1) is 7.72. The fourth-order valence-electron chi connectivity index (χ4n) is 1.42. The molecule has 5 heteroatoms. The first-order valence-corrected chi connectivity index (χ1v) is 4.71. The molecule has 0 N–H and O–H groups in total. The van der Waals surface area contributed by atoms with Crippen LogP contribution in [0.5, 0.6) is 0 Å². The molecule has 0 bridgehead atoms. The molecule has 2 rings (SSSR count). The van der Waals surface area contributed by atoms with E-state index in [0.717, 1.165) is 12.0 Å². The molecule has 0 radical (unpaired) electrons. The minimum absolute atomic E-state index is 0.554. The summed E-state index contributed by atoms with van der Waals surface area (Å²) in [6.45, 7) is 3.76. The molecule has 0 aliphatic heterocycles. The average molecular weight is 215 g/mol. The number of aromatic nitrogens is 3. The molecule has 1 heterocycles. The SMILES string of the molecule is C=[N+](C)c1ccc(-n2cncn2)c(C=O)c1. The Hall–Kier alpha value is -2.30. The molecule has 0 atom stereocenters. The molecule has 0 saturated heterocycles. The van der Waals surface area contributed by atoms with Crippen molar-refractivity contribution in [3.8, 4) is 5.69 Å². The van der Waals surface area contributed by atoms with Crippen LogP contribution in [0, 0.1) is 0 Å². The Balaban J connectivity index is 2.56. The number of rotatable bonds is 3. The van der Waals surface area contributed by atoms with Crippen LogP contribution in [0.15, 0.2) is 30.9 Å². The average Bonchev–Trinajstić information content (AvgIpc) is 2.81. The Morgan fingerprint density at radius 1 is 1.50 bits per heavy atom. The van der Waals surface area contributed by atoms with Crippen LogP contribution in [0.4, 0.5) is 5.69 Å². The molecule has 5 nitrogen and oxygen atoms in total. The number of hydrogen-bond acceptors (Lipinski definition) is 3. The third kappa shape index (κ3) is 1.75. The number of carbonyl (C=O) groups excluding carboxylic acids is 1. The molecule has 2 aromatic rings. The number of benzene rings is 1. The van der Waals surface area contributed by atoms with Gasteiger partial charge in [0.2, 0.25) is 5.69 Å². The van der Waals surface area contributed by atoms with Gasteiger partial charge in [-0.25, -0.2) is 14.2 Å². The van der Waals surface area contributed by atoms with Gasteiger partial charge >= 0.3 is 0 Å². The van der Waals surface area contributed by atoms with E-state index >= 15 is 0 Å². The van der Waals surface area contributed by atoms with Crippen molar-refractivity contribution in [2.45, 2.75) is 0 Å². The van der Waals surface area contributed by atoms with E-state index in [2.05, 4.69) is 16.8 Å². The molecule has 0 saturated carbocycles. The number of hydrogen-bond donors (Lipinski definition) is 0. The first-order valence-electron chi connectivity index (χ1n) is 4.71. The van der Waals surface area contributed by atoms with Crippen LogP contribution in [0.2, 0.25) is 0 Å². The summed E-state index contributed by atoms with van der Waals surface area (Å²) in [7, 11) is 1.82. The zero-order valence-corrected chi connectivity index (χ0v) is 8.87. The van der Waals surface area contributed by atoms with Crippen LogP contribution in [0.25, 0.3) is 5.69 Å². The van der Waals surface area contributed by atoms with Crippen LogP contribution in [0.3, 0.4) is 0 Å². The molecular weight excluding hydrogens is 204 g/mol. The molecule has 16 heavy (non-hydrogen) atoms. The lowest BCUT2D eigenvalue weighted by molar-refractivity contribution is -0.394. The van der Waals surface area contributed by atoms with Crippen molar-refractivity contribution in [1.82, 2.24) is 14.8 Å². The number of aldehydes is 1.